The van der Waals surface area contributed by atoms with Crippen molar-refractivity contribution in [2.45, 2.75) is 26.8 Å². The Morgan fingerprint density at radius 3 is 3.00 bits per heavy atom. The number of rotatable bonds is 4. The second kappa shape index (κ2) is 5.56. The zero-order valence-electron chi connectivity index (χ0n) is 11.2. The molecule has 0 radical (unpaired) electrons. The van der Waals surface area contributed by atoms with Gasteiger partial charge in [-0.15, -0.1) is 0 Å². The first-order valence-electron chi connectivity index (χ1n) is 6.29. The van der Waals surface area contributed by atoms with Crippen LogP contribution in [0.25, 0.3) is 0 Å². The third-order valence-corrected chi connectivity index (χ3v) is 2.88. The molecule has 2 rings (SSSR count). The first-order chi connectivity index (χ1) is 9.11. The Morgan fingerprint density at radius 2 is 2.32 bits per heavy atom. The van der Waals surface area contributed by atoms with E-state index in [9.17, 15) is 4.79 Å². The summed E-state index contributed by atoms with van der Waals surface area (Å²) in [6, 6.07) is 3.48. The maximum atomic E-state index is 12.3. The largest absolute Gasteiger partial charge is 0.397 e. The van der Waals surface area contributed by atoms with E-state index >= 15 is 0 Å². The second-order valence-electron chi connectivity index (χ2n) is 4.50. The van der Waals surface area contributed by atoms with Gasteiger partial charge in [0.2, 0.25) is 0 Å². The van der Waals surface area contributed by atoms with E-state index in [1.807, 2.05) is 11.5 Å². The molecule has 2 aromatic rings. The van der Waals surface area contributed by atoms with Crippen LogP contribution < -0.4 is 11.1 Å². The molecule has 0 aliphatic carbocycles. The zero-order valence-corrected chi connectivity index (χ0v) is 11.2. The van der Waals surface area contributed by atoms with Crippen LogP contribution in [0.15, 0.2) is 30.7 Å². The van der Waals surface area contributed by atoms with Crippen molar-refractivity contribution in [1.82, 2.24) is 9.55 Å². The maximum Gasteiger partial charge on any atom is 0.272 e. The zero-order chi connectivity index (χ0) is 13.8. The van der Waals surface area contributed by atoms with Crippen molar-refractivity contribution in [1.29, 1.82) is 0 Å². The fourth-order valence-corrected chi connectivity index (χ4v) is 1.95. The molecule has 2 heterocycles. The van der Waals surface area contributed by atoms with Gasteiger partial charge in [-0.2, -0.15) is 0 Å². The molecule has 0 fully saturated rings. The van der Waals surface area contributed by atoms with Crippen molar-refractivity contribution in [2.75, 3.05) is 11.1 Å². The molecule has 0 saturated carbocycles. The van der Waals surface area contributed by atoms with Gasteiger partial charge in [-0.1, -0.05) is 6.92 Å². The van der Waals surface area contributed by atoms with Crippen molar-refractivity contribution >= 4 is 17.3 Å². The summed E-state index contributed by atoms with van der Waals surface area (Å²) in [5.74, 6) is -0.153. The summed E-state index contributed by atoms with van der Waals surface area (Å²) >= 11 is 0. The molecule has 0 aliphatic rings. The van der Waals surface area contributed by atoms with Gasteiger partial charge in [-0.25, -0.2) is 0 Å². The van der Waals surface area contributed by atoms with Gasteiger partial charge in [0, 0.05) is 30.8 Å². The van der Waals surface area contributed by atoms with Gasteiger partial charge in [-0.3, -0.25) is 9.78 Å². The minimum atomic E-state index is -0.153. The predicted octanol–water partition coefficient (Wildman–Crippen LogP) is 2.44. The number of carbonyl (C=O) groups is 1. The molecule has 0 unspecified atom stereocenters. The number of amides is 1. The standard InChI is InChI=1S/C14H18N4O/c1-3-6-18-9-11(15)7-13(18)14(19)17-12-4-5-16-8-10(12)2/h4-5,7-9H,3,6,15H2,1-2H3,(H,16,17,19). The number of anilines is 2. The van der Waals surface area contributed by atoms with E-state index in [4.69, 9.17) is 5.73 Å². The molecular formula is C14H18N4O. The number of hydrogen-bond donors (Lipinski definition) is 2. The lowest BCUT2D eigenvalue weighted by molar-refractivity contribution is 0.101. The first kappa shape index (κ1) is 13.1. The lowest BCUT2D eigenvalue weighted by Crippen LogP contribution is -2.17. The quantitative estimate of drug-likeness (QED) is 0.884. The molecule has 19 heavy (non-hydrogen) atoms. The molecule has 2 aromatic heterocycles. The first-order valence-corrected chi connectivity index (χ1v) is 6.29. The van der Waals surface area contributed by atoms with E-state index < -0.39 is 0 Å². The van der Waals surface area contributed by atoms with Crippen molar-refractivity contribution in [3.63, 3.8) is 0 Å². The molecule has 0 bridgehead atoms. The monoisotopic (exact) mass is 258 g/mol. The maximum absolute atomic E-state index is 12.3. The topological polar surface area (TPSA) is 72.9 Å². The van der Waals surface area contributed by atoms with E-state index in [2.05, 4.69) is 17.2 Å². The number of nitrogen functional groups attached to an aromatic ring is 1. The van der Waals surface area contributed by atoms with Crippen LogP contribution in [0.5, 0.6) is 0 Å². The van der Waals surface area contributed by atoms with Crippen molar-refractivity contribution < 1.29 is 4.79 Å². The summed E-state index contributed by atoms with van der Waals surface area (Å²) < 4.78 is 1.88. The number of nitrogens with zero attached hydrogens (tertiary/aromatic N) is 2. The molecule has 1 amide bonds. The lowest BCUT2D eigenvalue weighted by atomic mass is 10.2. The number of carbonyl (C=O) groups excluding carboxylic acids is 1. The fourth-order valence-electron chi connectivity index (χ4n) is 1.95. The van der Waals surface area contributed by atoms with Gasteiger partial charge < -0.3 is 15.6 Å². The summed E-state index contributed by atoms with van der Waals surface area (Å²) in [5, 5.41) is 2.88. The number of aryl methyl sites for hydroxylation is 2. The summed E-state index contributed by atoms with van der Waals surface area (Å²) in [5.41, 5.74) is 8.64. The van der Waals surface area contributed by atoms with Crippen molar-refractivity contribution in [3.8, 4) is 0 Å². The molecule has 100 valence electrons. The lowest BCUT2D eigenvalue weighted by Gasteiger charge is -2.10. The van der Waals surface area contributed by atoms with Gasteiger partial charge in [0.1, 0.15) is 5.69 Å². The van der Waals surface area contributed by atoms with E-state index in [1.165, 1.54) is 0 Å². The SMILES string of the molecule is CCCn1cc(N)cc1C(=O)Nc1ccncc1C. The summed E-state index contributed by atoms with van der Waals surface area (Å²) in [4.78, 5) is 16.3. The van der Waals surface area contributed by atoms with Crippen LogP contribution in [0.1, 0.15) is 29.4 Å². The Hall–Kier alpha value is -2.30. The number of hydrogen-bond acceptors (Lipinski definition) is 3. The van der Waals surface area contributed by atoms with Crippen molar-refractivity contribution in [3.05, 3.63) is 42.0 Å². The highest BCUT2D eigenvalue weighted by Gasteiger charge is 2.13. The van der Waals surface area contributed by atoms with Crippen LogP contribution in [0, 0.1) is 6.92 Å². The average molecular weight is 258 g/mol. The Balaban J connectivity index is 2.23. The Bertz CT molecular complexity index is 589. The van der Waals surface area contributed by atoms with Crippen LogP contribution in [0.2, 0.25) is 0 Å². The summed E-state index contributed by atoms with van der Waals surface area (Å²) in [6.45, 7) is 4.74. The van der Waals surface area contributed by atoms with E-state index in [-0.39, 0.29) is 5.91 Å². The molecule has 0 atom stereocenters. The Kier molecular flexibility index (Phi) is 3.85. The third-order valence-electron chi connectivity index (χ3n) is 2.88. The molecular weight excluding hydrogens is 240 g/mol. The highest BCUT2D eigenvalue weighted by Crippen LogP contribution is 2.16. The Morgan fingerprint density at radius 1 is 1.53 bits per heavy atom. The normalized spacial score (nSPS) is 10.4. The molecule has 0 spiro atoms. The smallest absolute Gasteiger partial charge is 0.272 e. The van der Waals surface area contributed by atoms with Crippen LogP contribution in [-0.2, 0) is 6.54 Å². The number of pyridine rings is 1. The highest BCUT2D eigenvalue weighted by atomic mass is 16.1. The van der Waals surface area contributed by atoms with Crippen LogP contribution >= 0.6 is 0 Å². The number of aromatic nitrogens is 2. The summed E-state index contributed by atoms with van der Waals surface area (Å²) in [7, 11) is 0. The second-order valence-corrected chi connectivity index (χ2v) is 4.50. The highest BCUT2D eigenvalue weighted by molar-refractivity contribution is 6.04. The van der Waals surface area contributed by atoms with E-state index in [1.54, 1.807) is 30.7 Å². The summed E-state index contributed by atoms with van der Waals surface area (Å²) in [6.07, 6.45) is 6.11. The van der Waals surface area contributed by atoms with Crippen LogP contribution in [-0.4, -0.2) is 15.5 Å². The molecule has 0 aromatic carbocycles. The van der Waals surface area contributed by atoms with Crippen LogP contribution in [0.3, 0.4) is 0 Å². The molecule has 0 saturated heterocycles. The minimum absolute atomic E-state index is 0.153. The third kappa shape index (κ3) is 2.93. The molecule has 5 heteroatoms. The van der Waals surface area contributed by atoms with E-state index in [0.717, 1.165) is 24.2 Å². The van der Waals surface area contributed by atoms with Gasteiger partial charge in [0.25, 0.3) is 5.91 Å². The van der Waals surface area contributed by atoms with Crippen LogP contribution in [0.4, 0.5) is 11.4 Å². The molecule has 0 aliphatic heterocycles. The van der Waals surface area contributed by atoms with Gasteiger partial charge in [-0.05, 0) is 31.0 Å². The number of nitrogens with two attached hydrogens (primary N) is 1. The van der Waals surface area contributed by atoms with Gasteiger partial charge >= 0.3 is 0 Å². The Labute approximate surface area is 112 Å². The van der Waals surface area contributed by atoms with Gasteiger partial charge in [0.05, 0.1) is 5.69 Å². The fraction of sp³-hybridized carbons (Fsp3) is 0.286. The van der Waals surface area contributed by atoms with Crippen molar-refractivity contribution in [2.24, 2.45) is 0 Å². The molecule has 5 nitrogen and oxygen atoms in total. The van der Waals surface area contributed by atoms with Gasteiger partial charge in [0.15, 0.2) is 0 Å². The minimum Gasteiger partial charge on any atom is -0.397 e. The average Bonchev–Trinajstić information content (AvgIpc) is 2.74. The molecule has 3 N–H and O–H groups in total. The predicted molar refractivity (Wildman–Crippen MR) is 76.1 cm³/mol. The number of nitrogens with one attached hydrogen (secondary N) is 1. The van der Waals surface area contributed by atoms with E-state index in [0.29, 0.717) is 11.4 Å².